The molecular formula is C12H13ClF3NO3S. The molecule has 0 bridgehead atoms. The highest BCUT2D eigenvalue weighted by atomic mass is 35.7. The first kappa shape index (κ1) is 17.8. The van der Waals surface area contributed by atoms with Crippen LogP contribution >= 0.6 is 10.7 Å². The number of alkyl halides is 3. The second-order valence-corrected chi connectivity index (χ2v) is 7.01. The molecule has 1 aromatic carbocycles. The molecule has 0 spiro atoms. The van der Waals surface area contributed by atoms with E-state index < -0.39 is 34.1 Å². The second kappa shape index (κ2) is 6.23. The minimum Gasteiger partial charge on any atom is -0.352 e. The molecule has 0 atom stereocenters. The molecule has 0 fully saturated rings. The van der Waals surface area contributed by atoms with Gasteiger partial charge in [-0.05, 0) is 37.1 Å². The Kier molecular flexibility index (Phi) is 5.27. The molecule has 0 unspecified atom stereocenters. The average Bonchev–Trinajstić information content (AvgIpc) is 2.29. The third kappa shape index (κ3) is 5.20. The van der Waals surface area contributed by atoms with E-state index in [1.807, 2.05) is 0 Å². The number of aryl methyl sites for hydroxylation is 1. The van der Waals surface area contributed by atoms with Crippen molar-refractivity contribution < 1.29 is 26.4 Å². The van der Waals surface area contributed by atoms with E-state index in [0.717, 1.165) is 6.07 Å². The van der Waals surface area contributed by atoms with Crippen LogP contribution in [-0.2, 0) is 9.05 Å². The van der Waals surface area contributed by atoms with Crippen molar-refractivity contribution in [1.29, 1.82) is 0 Å². The summed E-state index contributed by atoms with van der Waals surface area (Å²) in [6.45, 7) is 2.52. The summed E-state index contributed by atoms with van der Waals surface area (Å²) in [5.74, 6) is -0.788. The van der Waals surface area contributed by atoms with Gasteiger partial charge >= 0.3 is 6.18 Å². The third-order valence-electron chi connectivity index (χ3n) is 2.84. The van der Waals surface area contributed by atoms with Crippen molar-refractivity contribution in [3.63, 3.8) is 0 Å². The zero-order valence-corrected chi connectivity index (χ0v) is 12.8. The predicted molar refractivity (Wildman–Crippen MR) is 72.0 cm³/mol. The molecule has 1 amide bonds. The van der Waals surface area contributed by atoms with Gasteiger partial charge < -0.3 is 5.32 Å². The standard InChI is InChI=1S/C12H13ClF3NO3S/c1-7-5-9(6-10(8(7)2)21(13,19)20)11(18)17-4-3-12(14,15)16/h5-6H,3-4H2,1-2H3,(H,17,18). The molecule has 0 radical (unpaired) electrons. The van der Waals surface area contributed by atoms with Gasteiger partial charge in [0.2, 0.25) is 0 Å². The normalized spacial score (nSPS) is 12.3. The Bertz CT molecular complexity index is 656. The van der Waals surface area contributed by atoms with Gasteiger partial charge in [0, 0.05) is 22.8 Å². The summed E-state index contributed by atoms with van der Waals surface area (Å²) in [5.41, 5.74) is 0.828. The van der Waals surface area contributed by atoms with E-state index >= 15 is 0 Å². The van der Waals surface area contributed by atoms with Crippen LogP contribution in [0.25, 0.3) is 0 Å². The Morgan fingerprint density at radius 2 is 1.86 bits per heavy atom. The predicted octanol–water partition coefficient (Wildman–Crippen LogP) is 2.91. The minimum absolute atomic E-state index is 0.0560. The number of benzene rings is 1. The Morgan fingerprint density at radius 3 is 2.33 bits per heavy atom. The van der Waals surface area contributed by atoms with Gasteiger partial charge in [-0.3, -0.25) is 4.79 Å². The van der Waals surface area contributed by atoms with Crippen LogP contribution in [0.5, 0.6) is 0 Å². The second-order valence-electron chi connectivity index (χ2n) is 4.48. The van der Waals surface area contributed by atoms with Gasteiger partial charge in [0.05, 0.1) is 11.3 Å². The first-order valence-corrected chi connectivity index (χ1v) is 8.13. The molecule has 0 heterocycles. The topological polar surface area (TPSA) is 63.2 Å². The van der Waals surface area contributed by atoms with E-state index in [1.165, 1.54) is 13.0 Å². The van der Waals surface area contributed by atoms with E-state index in [-0.39, 0.29) is 10.5 Å². The summed E-state index contributed by atoms with van der Waals surface area (Å²) < 4.78 is 58.8. The van der Waals surface area contributed by atoms with E-state index in [4.69, 9.17) is 10.7 Å². The molecule has 1 rings (SSSR count). The highest BCUT2D eigenvalue weighted by molar-refractivity contribution is 8.13. The minimum atomic E-state index is -4.37. The van der Waals surface area contributed by atoms with Crippen LogP contribution in [-0.4, -0.2) is 27.0 Å². The third-order valence-corrected chi connectivity index (χ3v) is 4.29. The van der Waals surface area contributed by atoms with E-state index in [2.05, 4.69) is 5.32 Å². The van der Waals surface area contributed by atoms with Crippen molar-refractivity contribution in [1.82, 2.24) is 5.32 Å². The van der Waals surface area contributed by atoms with Gasteiger partial charge in [-0.25, -0.2) is 8.42 Å². The van der Waals surface area contributed by atoms with Crippen LogP contribution in [0, 0.1) is 13.8 Å². The highest BCUT2D eigenvalue weighted by Crippen LogP contribution is 2.24. The Morgan fingerprint density at radius 1 is 1.29 bits per heavy atom. The van der Waals surface area contributed by atoms with Crippen LogP contribution in [0.3, 0.4) is 0 Å². The lowest BCUT2D eigenvalue weighted by Gasteiger charge is -2.11. The Balaban J connectivity index is 2.99. The first-order chi connectivity index (χ1) is 9.42. The van der Waals surface area contributed by atoms with Crippen molar-refractivity contribution in [3.8, 4) is 0 Å². The Hall–Kier alpha value is -1.28. The fraction of sp³-hybridized carbons (Fsp3) is 0.417. The number of hydrogen-bond donors (Lipinski definition) is 1. The molecule has 0 aromatic heterocycles. The molecule has 1 aromatic rings. The van der Waals surface area contributed by atoms with Crippen molar-refractivity contribution in [2.45, 2.75) is 31.3 Å². The van der Waals surface area contributed by atoms with Gasteiger partial charge in [0.25, 0.3) is 15.0 Å². The largest absolute Gasteiger partial charge is 0.390 e. The van der Waals surface area contributed by atoms with E-state index in [1.54, 1.807) is 6.92 Å². The molecule has 4 nitrogen and oxygen atoms in total. The zero-order valence-electron chi connectivity index (χ0n) is 11.2. The molecule has 0 saturated heterocycles. The van der Waals surface area contributed by atoms with Crippen LogP contribution < -0.4 is 5.32 Å². The van der Waals surface area contributed by atoms with Gasteiger partial charge in [0.1, 0.15) is 0 Å². The van der Waals surface area contributed by atoms with Crippen molar-refractivity contribution in [3.05, 3.63) is 28.8 Å². The molecule has 0 aliphatic rings. The number of rotatable bonds is 4. The molecule has 9 heteroatoms. The van der Waals surface area contributed by atoms with Crippen molar-refractivity contribution in [2.75, 3.05) is 6.54 Å². The Labute approximate surface area is 124 Å². The molecular weight excluding hydrogens is 331 g/mol. The average molecular weight is 344 g/mol. The van der Waals surface area contributed by atoms with Crippen LogP contribution in [0.15, 0.2) is 17.0 Å². The van der Waals surface area contributed by atoms with Gasteiger partial charge in [-0.2, -0.15) is 13.2 Å². The maximum Gasteiger partial charge on any atom is 0.390 e. The lowest BCUT2D eigenvalue weighted by atomic mass is 10.1. The quantitative estimate of drug-likeness (QED) is 0.855. The molecule has 118 valence electrons. The molecule has 0 saturated carbocycles. The number of halogens is 4. The molecule has 1 N–H and O–H groups in total. The number of amides is 1. The molecule has 21 heavy (non-hydrogen) atoms. The first-order valence-electron chi connectivity index (χ1n) is 5.82. The summed E-state index contributed by atoms with van der Waals surface area (Å²) in [5, 5.41) is 2.08. The SMILES string of the molecule is Cc1cc(C(=O)NCCC(F)(F)F)cc(S(=O)(=O)Cl)c1C. The van der Waals surface area contributed by atoms with Crippen molar-refractivity contribution >= 4 is 25.6 Å². The van der Waals surface area contributed by atoms with Gasteiger partial charge in [-0.1, -0.05) is 0 Å². The van der Waals surface area contributed by atoms with Crippen molar-refractivity contribution in [2.24, 2.45) is 0 Å². The summed E-state index contributed by atoms with van der Waals surface area (Å²) in [6, 6.07) is 2.44. The summed E-state index contributed by atoms with van der Waals surface area (Å²) in [4.78, 5) is 11.5. The lowest BCUT2D eigenvalue weighted by molar-refractivity contribution is -0.132. The summed E-state index contributed by atoms with van der Waals surface area (Å²) >= 11 is 0. The fourth-order valence-corrected chi connectivity index (χ4v) is 2.91. The number of carbonyl (C=O) groups excluding carboxylic acids is 1. The maximum atomic E-state index is 12.0. The number of nitrogens with one attached hydrogen (secondary N) is 1. The monoisotopic (exact) mass is 343 g/mol. The van der Waals surface area contributed by atoms with Crippen LogP contribution in [0.2, 0.25) is 0 Å². The van der Waals surface area contributed by atoms with Crippen LogP contribution in [0.1, 0.15) is 27.9 Å². The smallest absolute Gasteiger partial charge is 0.352 e. The fourth-order valence-electron chi connectivity index (χ4n) is 1.63. The highest BCUT2D eigenvalue weighted by Gasteiger charge is 2.27. The zero-order chi connectivity index (χ0) is 16.4. The van der Waals surface area contributed by atoms with E-state index in [0.29, 0.717) is 11.1 Å². The number of hydrogen-bond acceptors (Lipinski definition) is 3. The number of carbonyl (C=O) groups is 1. The van der Waals surface area contributed by atoms with Crippen LogP contribution in [0.4, 0.5) is 13.2 Å². The molecule has 0 aliphatic carbocycles. The van der Waals surface area contributed by atoms with Gasteiger partial charge in [0.15, 0.2) is 0 Å². The van der Waals surface area contributed by atoms with E-state index in [9.17, 15) is 26.4 Å². The molecule has 0 aliphatic heterocycles. The summed E-state index contributed by atoms with van der Waals surface area (Å²) in [6.07, 6.45) is -5.54. The summed E-state index contributed by atoms with van der Waals surface area (Å²) in [7, 11) is 1.22. The van der Waals surface area contributed by atoms with Gasteiger partial charge in [-0.15, -0.1) is 0 Å². The maximum absolute atomic E-state index is 12.0. The lowest BCUT2D eigenvalue weighted by Crippen LogP contribution is -2.28.